The Morgan fingerprint density at radius 2 is 1.92 bits per heavy atom. The molecule has 0 atom stereocenters. The molecule has 1 rings (SSSR count). The number of hydrogen-bond acceptors (Lipinski definition) is 1. The van der Waals surface area contributed by atoms with Crippen LogP contribution in [0.4, 0.5) is 0 Å². The Balaban J connectivity index is 3.15. The molecular formula is C9H9Cl3O. The molecule has 0 aromatic heterocycles. The smallest absolute Gasteiger partial charge is 0.0685 e. The van der Waals surface area contributed by atoms with Crippen molar-refractivity contribution in [1.82, 2.24) is 0 Å². The fraction of sp³-hybridized carbons (Fsp3) is 0.333. The van der Waals surface area contributed by atoms with E-state index in [0.29, 0.717) is 22.3 Å². The molecule has 0 fully saturated rings. The summed E-state index contributed by atoms with van der Waals surface area (Å²) in [5, 5.41) is 10.0. The van der Waals surface area contributed by atoms with Gasteiger partial charge < -0.3 is 5.11 Å². The first-order valence-electron chi connectivity index (χ1n) is 3.83. The van der Waals surface area contributed by atoms with Crippen LogP contribution in [0, 0.1) is 0 Å². The van der Waals surface area contributed by atoms with E-state index in [2.05, 4.69) is 0 Å². The van der Waals surface area contributed by atoms with Gasteiger partial charge in [-0.1, -0.05) is 29.3 Å². The zero-order chi connectivity index (χ0) is 9.84. The summed E-state index contributed by atoms with van der Waals surface area (Å²) in [6.45, 7) is -0.0386. The van der Waals surface area contributed by atoms with Crippen molar-refractivity contribution in [2.45, 2.75) is 13.0 Å². The lowest BCUT2D eigenvalue weighted by atomic mass is 10.1. The van der Waals surface area contributed by atoms with E-state index in [1.807, 2.05) is 0 Å². The van der Waals surface area contributed by atoms with Gasteiger partial charge in [0.15, 0.2) is 0 Å². The molecule has 1 aromatic carbocycles. The topological polar surface area (TPSA) is 20.2 Å². The quantitative estimate of drug-likeness (QED) is 0.803. The fourth-order valence-electron chi connectivity index (χ4n) is 1.15. The predicted molar refractivity (Wildman–Crippen MR) is 56.8 cm³/mol. The minimum Gasteiger partial charge on any atom is -0.392 e. The van der Waals surface area contributed by atoms with E-state index < -0.39 is 0 Å². The largest absolute Gasteiger partial charge is 0.392 e. The van der Waals surface area contributed by atoms with Crippen LogP contribution in [-0.4, -0.2) is 11.0 Å². The maximum atomic E-state index is 9.02. The zero-order valence-electron chi connectivity index (χ0n) is 6.86. The molecular weight excluding hydrogens is 230 g/mol. The predicted octanol–water partition coefficient (Wildman–Crippen LogP) is 3.27. The number of aliphatic hydroxyl groups is 1. The third-order valence-electron chi connectivity index (χ3n) is 1.81. The maximum Gasteiger partial charge on any atom is 0.0685 e. The van der Waals surface area contributed by atoms with Crippen molar-refractivity contribution in [3.63, 3.8) is 0 Å². The van der Waals surface area contributed by atoms with Crippen LogP contribution in [0.3, 0.4) is 0 Å². The zero-order valence-corrected chi connectivity index (χ0v) is 9.12. The van der Waals surface area contributed by atoms with Crippen LogP contribution in [0.5, 0.6) is 0 Å². The lowest BCUT2D eigenvalue weighted by Gasteiger charge is -2.09. The number of halogens is 3. The number of benzene rings is 1. The highest BCUT2D eigenvalue weighted by Crippen LogP contribution is 2.29. The van der Waals surface area contributed by atoms with Gasteiger partial charge in [0.25, 0.3) is 0 Å². The maximum absolute atomic E-state index is 9.02. The number of alkyl halides is 1. The van der Waals surface area contributed by atoms with E-state index in [-0.39, 0.29) is 6.61 Å². The molecule has 0 radical (unpaired) electrons. The van der Waals surface area contributed by atoms with Gasteiger partial charge in [0.05, 0.1) is 16.7 Å². The summed E-state index contributed by atoms with van der Waals surface area (Å²) in [5.74, 6) is 0.465. The standard InChI is InChI=1S/C9H9Cl3O/c10-4-3-7-6(5-13)1-2-8(11)9(7)12/h1-2,13H,3-5H2. The summed E-state index contributed by atoms with van der Waals surface area (Å²) in [7, 11) is 0. The Kier molecular flexibility index (Phi) is 4.33. The van der Waals surface area contributed by atoms with Crippen molar-refractivity contribution in [3.8, 4) is 0 Å². The summed E-state index contributed by atoms with van der Waals surface area (Å²) in [5.41, 5.74) is 1.63. The molecule has 0 aliphatic rings. The molecule has 0 saturated heterocycles. The summed E-state index contributed by atoms with van der Waals surface area (Å²) in [4.78, 5) is 0. The minimum absolute atomic E-state index is 0.0386. The molecule has 0 spiro atoms. The van der Waals surface area contributed by atoms with Crippen LogP contribution in [0.1, 0.15) is 11.1 Å². The molecule has 0 amide bonds. The van der Waals surface area contributed by atoms with Gasteiger partial charge in [-0.05, 0) is 23.6 Å². The SMILES string of the molecule is OCc1ccc(Cl)c(Cl)c1CCCl. The third kappa shape index (κ3) is 2.50. The van der Waals surface area contributed by atoms with Crippen LogP contribution in [0.25, 0.3) is 0 Å². The Morgan fingerprint density at radius 3 is 2.46 bits per heavy atom. The highest BCUT2D eigenvalue weighted by molar-refractivity contribution is 6.42. The van der Waals surface area contributed by atoms with Crippen LogP contribution in [-0.2, 0) is 13.0 Å². The van der Waals surface area contributed by atoms with E-state index in [4.69, 9.17) is 39.9 Å². The van der Waals surface area contributed by atoms with Gasteiger partial charge >= 0.3 is 0 Å². The first-order valence-corrected chi connectivity index (χ1v) is 5.12. The summed E-state index contributed by atoms with van der Waals surface area (Å²) in [6, 6.07) is 3.43. The van der Waals surface area contributed by atoms with Crippen molar-refractivity contribution in [2.24, 2.45) is 0 Å². The minimum atomic E-state index is -0.0386. The molecule has 0 unspecified atom stereocenters. The molecule has 0 aliphatic carbocycles. The van der Waals surface area contributed by atoms with Gasteiger partial charge in [-0.2, -0.15) is 0 Å². The van der Waals surface area contributed by atoms with Crippen LogP contribution >= 0.6 is 34.8 Å². The third-order valence-corrected chi connectivity index (χ3v) is 2.84. The van der Waals surface area contributed by atoms with Crippen molar-refractivity contribution in [1.29, 1.82) is 0 Å². The van der Waals surface area contributed by atoms with E-state index in [1.54, 1.807) is 12.1 Å². The molecule has 1 aromatic rings. The fourth-order valence-corrected chi connectivity index (χ4v) is 1.79. The summed E-state index contributed by atoms with van der Waals surface area (Å²) in [6.07, 6.45) is 0.622. The highest BCUT2D eigenvalue weighted by Gasteiger charge is 2.09. The Morgan fingerprint density at radius 1 is 1.23 bits per heavy atom. The Bertz CT molecular complexity index is 299. The van der Waals surface area contributed by atoms with Gasteiger partial charge in [0.1, 0.15) is 0 Å². The van der Waals surface area contributed by atoms with E-state index >= 15 is 0 Å². The number of aliphatic hydroxyl groups excluding tert-OH is 1. The van der Waals surface area contributed by atoms with Crippen LogP contribution < -0.4 is 0 Å². The second-order valence-electron chi connectivity index (χ2n) is 2.60. The van der Waals surface area contributed by atoms with Crippen molar-refractivity contribution < 1.29 is 5.11 Å². The molecule has 1 N–H and O–H groups in total. The number of rotatable bonds is 3. The first-order chi connectivity index (χ1) is 6.20. The van der Waals surface area contributed by atoms with Gasteiger partial charge in [-0.15, -0.1) is 11.6 Å². The van der Waals surface area contributed by atoms with Gasteiger partial charge in [0, 0.05) is 5.88 Å². The van der Waals surface area contributed by atoms with Crippen molar-refractivity contribution >= 4 is 34.8 Å². The molecule has 0 bridgehead atoms. The normalized spacial score (nSPS) is 10.5. The molecule has 0 aliphatic heterocycles. The highest BCUT2D eigenvalue weighted by atomic mass is 35.5. The second kappa shape index (κ2) is 5.06. The second-order valence-corrected chi connectivity index (χ2v) is 3.76. The monoisotopic (exact) mass is 238 g/mol. The van der Waals surface area contributed by atoms with Crippen LogP contribution in [0.15, 0.2) is 12.1 Å². The Hall–Kier alpha value is 0.0500. The molecule has 13 heavy (non-hydrogen) atoms. The lowest BCUT2D eigenvalue weighted by molar-refractivity contribution is 0.280. The first kappa shape index (κ1) is 11.1. The molecule has 1 nitrogen and oxygen atoms in total. The van der Waals surface area contributed by atoms with Crippen LogP contribution in [0.2, 0.25) is 10.0 Å². The summed E-state index contributed by atoms with van der Waals surface area (Å²) < 4.78 is 0. The summed E-state index contributed by atoms with van der Waals surface area (Å²) >= 11 is 17.4. The molecule has 4 heteroatoms. The number of hydrogen-bond donors (Lipinski definition) is 1. The van der Waals surface area contributed by atoms with Gasteiger partial charge in [-0.3, -0.25) is 0 Å². The average Bonchev–Trinajstić information content (AvgIpc) is 2.14. The van der Waals surface area contributed by atoms with E-state index in [9.17, 15) is 0 Å². The average molecular weight is 240 g/mol. The van der Waals surface area contributed by atoms with E-state index in [0.717, 1.165) is 11.1 Å². The lowest BCUT2D eigenvalue weighted by Crippen LogP contribution is -1.96. The Labute approximate surface area is 92.2 Å². The molecule has 0 saturated carbocycles. The van der Waals surface area contributed by atoms with Crippen molar-refractivity contribution in [3.05, 3.63) is 33.3 Å². The van der Waals surface area contributed by atoms with Gasteiger partial charge in [-0.25, -0.2) is 0 Å². The van der Waals surface area contributed by atoms with Crippen molar-refractivity contribution in [2.75, 3.05) is 5.88 Å². The van der Waals surface area contributed by atoms with E-state index in [1.165, 1.54) is 0 Å². The molecule has 72 valence electrons. The molecule has 0 heterocycles. The van der Waals surface area contributed by atoms with Gasteiger partial charge in [0.2, 0.25) is 0 Å².